The molecule has 0 unspecified atom stereocenters. The van der Waals surface area contributed by atoms with Gasteiger partial charge in [0.2, 0.25) is 0 Å². The molecule has 0 bridgehead atoms. The summed E-state index contributed by atoms with van der Waals surface area (Å²) in [5.41, 5.74) is 6.39. The standard InChI is InChI=1S/C11H15F2N/c1-11(2,3)9-7(10(12)13)5-4-6-8(9)14/h4-6,10H,14H2,1-3H3. The lowest BCUT2D eigenvalue weighted by Gasteiger charge is -2.24. The molecule has 0 radical (unpaired) electrons. The van der Waals surface area contributed by atoms with Crippen molar-refractivity contribution >= 4 is 5.69 Å². The van der Waals surface area contributed by atoms with Crippen LogP contribution in [0.15, 0.2) is 18.2 Å². The van der Waals surface area contributed by atoms with Crippen molar-refractivity contribution in [2.24, 2.45) is 0 Å². The summed E-state index contributed by atoms with van der Waals surface area (Å²) in [6, 6.07) is 4.65. The van der Waals surface area contributed by atoms with E-state index in [2.05, 4.69) is 0 Å². The first-order valence-electron chi connectivity index (χ1n) is 4.51. The molecule has 1 aromatic rings. The quantitative estimate of drug-likeness (QED) is 0.688. The van der Waals surface area contributed by atoms with Crippen LogP contribution in [0.4, 0.5) is 14.5 Å². The molecule has 0 saturated heterocycles. The molecule has 0 aliphatic carbocycles. The number of hydrogen-bond acceptors (Lipinski definition) is 1. The van der Waals surface area contributed by atoms with Crippen LogP contribution in [0.2, 0.25) is 0 Å². The molecule has 0 heterocycles. The van der Waals surface area contributed by atoms with Crippen LogP contribution in [0.5, 0.6) is 0 Å². The summed E-state index contributed by atoms with van der Waals surface area (Å²) in [6.07, 6.45) is -2.47. The minimum Gasteiger partial charge on any atom is -0.398 e. The van der Waals surface area contributed by atoms with E-state index >= 15 is 0 Å². The first-order valence-corrected chi connectivity index (χ1v) is 4.51. The SMILES string of the molecule is CC(C)(C)c1c(N)cccc1C(F)F. The van der Waals surface area contributed by atoms with Crippen molar-refractivity contribution in [3.05, 3.63) is 29.3 Å². The van der Waals surface area contributed by atoms with Crippen molar-refractivity contribution in [2.45, 2.75) is 32.6 Å². The van der Waals surface area contributed by atoms with Crippen molar-refractivity contribution in [2.75, 3.05) is 5.73 Å². The van der Waals surface area contributed by atoms with Crippen molar-refractivity contribution in [3.8, 4) is 0 Å². The van der Waals surface area contributed by atoms with Crippen molar-refractivity contribution in [3.63, 3.8) is 0 Å². The average Bonchev–Trinajstić information content (AvgIpc) is 2.01. The molecule has 2 N–H and O–H groups in total. The molecule has 3 heteroatoms. The number of nitrogens with two attached hydrogens (primary N) is 1. The third-order valence-electron chi connectivity index (χ3n) is 2.11. The van der Waals surface area contributed by atoms with Crippen LogP contribution in [0.25, 0.3) is 0 Å². The summed E-state index contributed by atoms with van der Waals surface area (Å²) < 4.78 is 25.4. The number of alkyl halides is 2. The highest BCUT2D eigenvalue weighted by atomic mass is 19.3. The van der Waals surface area contributed by atoms with E-state index in [0.717, 1.165) is 0 Å². The fourth-order valence-corrected chi connectivity index (χ4v) is 1.64. The first-order chi connectivity index (χ1) is 6.34. The highest BCUT2D eigenvalue weighted by Gasteiger charge is 2.24. The van der Waals surface area contributed by atoms with E-state index in [0.29, 0.717) is 11.3 Å². The average molecular weight is 199 g/mol. The van der Waals surface area contributed by atoms with Gasteiger partial charge in [-0.3, -0.25) is 0 Å². The number of benzene rings is 1. The number of hydrogen-bond donors (Lipinski definition) is 1. The highest BCUT2D eigenvalue weighted by molar-refractivity contribution is 5.54. The van der Waals surface area contributed by atoms with Gasteiger partial charge in [-0.15, -0.1) is 0 Å². The molecule has 1 rings (SSSR count). The number of rotatable bonds is 1. The predicted octanol–water partition coefficient (Wildman–Crippen LogP) is 3.50. The fourth-order valence-electron chi connectivity index (χ4n) is 1.64. The monoisotopic (exact) mass is 199 g/mol. The Morgan fingerprint density at radius 3 is 2.14 bits per heavy atom. The minimum atomic E-state index is -2.47. The molecule has 0 amide bonds. The van der Waals surface area contributed by atoms with Crippen LogP contribution in [0.3, 0.4) is 0 Å². The van der Waals surface area contributed by atoms with Gasteiger partial charge in [0, 0.05) is 11.3 Å². The number of anilines is 1. The van der Waals surface area contributed by atoms with Gasteiger partial charge in [-0.05, 0) is 17.0 Å². The second-order valence-corrected chi connectivity index (χ2v) is 4.36. The molecule has 1 nitrogen and oxygen atoms in total. The molecule has 78 valence electrons. The van der Waals surface area contributed by atoms with E-state index in [1.165, 1.54) is 6.07 Å². The molecule has 0 aliphatic heterocycles. The number of nitrogen functional groups attached to an aromatic ring is 1. The molecule has 14 heavy (non-hydrogen) atoms. The van der Waals surface area contributed by atoms with Crippen LogP contribution in [-0.4, -0.2) is 0 Å². The Morgan fingerprint density at radius 1 is 1.21 bits per heavy atom. The number of halogens is 2. The van der Waals surface area contributed by atoms with E-state index in [-0.39, 0.29) is 11.0 Å². The zero-order valence-electron chi connectivity index (χ0n) is 8.64. The molecular formula is C11H15F2N. The lowest BCUT2D eigenvalue weighted by atomic mass is 9.82. The third-order valence-corrected chi connectivity index (χ3v) is 2.11. The Hall–Kier alpha value is -1.12. The summed E-state index contributed by atoms with van der Waals surface area (Å²) in [4.78, 5) is 0. The lowest BCUT2D eigenvalue weighted by Crippen LogP contribution is -2.17. The minimum absolute atomic E-state index is 0.0394. The molecule has 0 aromatic heterocycles. The summed E-state index contributed by atoms with van der Waals surface area (Å²) in [7, 11) is 0. The van der Waals surface area contributed by atoms with E-state index < -0.39 is 6.43 Å². The van der Waals surface area contributed by atoms with Gasteiger partial charge < -0.3 is 5.73 Å². The summed E-state index contributed by atoms with van der Waals surface area (Å²) in [5.74, 6) is 0. The largest absolute Gasteiger partial charge is 0.398 e. The molecule has 0 atom stereocenters. The van der Waals surface area contributed by atoms with Gasteiger partial charge in [0.1, 0.15) is 0 Å². The third kappa shape index (κ3) is 2.03. The fraction of sp³-hybridized carbons (Fsp3) is 0.455. The Bertz CT molecular complexity index is 327. The maximum Gasteiger partial charge on any atom is 0.264 e. The van der Waals surface area contributed by atoms with E-state index in [4.69, 9.17) is 5.73 Å². The van der Waals surface area contributed by atoms with Gasteiger partial charge in [0.05, 0.1) is 0 Å². The maximum absolute atomic E-state index is 12.7. The molecular weight excluding hydrogens is 184 g/mol. The Labute approximate surface area is 82.9 Å². The smallest absolute Gasteiger partial charge is 0.264 e. The van der Waals surface area contributed by atoms with Crippen LogP contribution in [0, 0.1) is 0 Å². The second-order valence-electron chi connectivity index (χ2n) is 4.36. The molecule has 0 fully saturated rings. The molecule has 0 saturated carbocycles. The van der Waals surface area contributed by atoms with Crippen LogP contribution >= 0.6 is 0 Å². The Kier molecular flexibility index (Phi) is 2.79. The predicted molar refractivity (Wildman–Crippen MR) is 54.5 cm³/mol. The van der Waals surface area contributed by atoms with E-state index in [1.54, 1.807) is 12.1 Å². The van der Waals surface area contributed by atoms with Crippen LogP contribution < -0.4 is 5.73 Å². The Balaban J connectivity index is 3.38. The normalized spacial score (nSPS) is 12.1. The zero-order valence-corrected chi connectivity index (χ0v) is 8.64. The van der Waals surface area contributed by atoms with Crippen molar-refractivity contribution in [1.29, 1.82) is 0 Å². The van der Waals surface area contributed by atoms with Crippen LogP contribution in [-0.2, 0) is 5.41 Å². The van der Waals surface area contributed by atoms with Gasteiger partial charge in [0.25, 0.3) is 6.43 Å². The summed E-state index contributed by atoms with van der Waals surface area (Å²) in [5, 5.41) is 0. The highest BCUT2D eigenvalue weighted by Crippen LogP contribution is 2.35. The molecule has 1 aromatic carbocycles. The Morgan fingerprint density at radius 2 is 1.79 bits per heavy atom. The van der Waals surface area contributed by atoms with Gasteiger partial charge in [0.15, 0.2) is 0 Å². The molecule has 0 aliphatic rings. The molecule has 0 spiro atoms. The van der Waals surface area contributed by atoms with Gasteiger partial charge in [-0.1, -0.05) is 32.9 Å². The lowest BCUT2D eigenvalue weighted by molar-refractivity contribution is 0.149. The van der Waals surface area contributed by atoms with Gasteiger partial charge in [-0.2, -0.15) is 0 Å². The zero-order chi connectivity index (χ0) is 10.9. The van der Waals surface area contributed by atoms with E-state index in [1.807, 2.05) is 20.8 Å². The van der Waals surface area contributed by atoms with E-state index in [9.17, 15) is 8.78 Å². The topological polar surface area (TPSA) is 26.0 Å². The van der Waals surface area contributed by atoms with Gasteiger partial charge >= 0.3 is 0 Å². The second kappa shape index (κ2) is 3.56. The first kappa shape index (κ1) is 11.0. The van der Waals surface area contributed by atoms with Gasteiger partial charge in [-0.25, -0.2) is 8.78 Å². The van der Waals surface area contributed by atoms with Crippen LogP contribution in [0.1, 0.15) is 38.3 Å². The summed E-state index contributed by atoms with van der Waals surface area (Å²) in [6.45, 7) is 5.64. The maximum atomic E-state index is 12.7. The van der Waals surface area contributed by atoms with Crippen molar-refractivity contribution < 1.29 is 8.78 Å². The van der Waals surface area contributed by atoms with Crippen molar-refractivity contribution in [1.82, 2.24) is 0 Å². The summed E-state index contributed by atoms with van der Waals surface area (Å²) >= 11 is 0.